The molecular formula is C12H13FN2O2. The Morgan fingerprint density at radius 1 is 1.53 bits per heavy atom. The van der Waals surface area contributed by atoms with Crippen molar-refractivity contribution < 1.29 is 14.0 Å². The van der Waals surface area contributed by atoms with E-state index in [1.54, 1.807) is 6.07 Å². The Morgan fingerprint density at radius 2 is 2.29 bits per heavy atom. The molecule has 0 spiro atoms. The van der Waals surface area contributed by atoms with Crippen molar-refractivity contribution in [2.45, 2.75) is 6.42 Å². The number of nitrogens with two attached hydrogens (primary N) is 1. The van der Waals surface area contributed by atoms with Crippen LogP contribution in [0, 0.1) is 11.7 Å². The zero-order chi connectivity index (χ0) is 12.4. The fourth-order valence-corrected chi connectivity index (χ4v) is 2.12. The van der Waals surface area contributed by atoms with Crippen molar-refractivity contribution in [2.24, 2.45) is 11.7 Å². The number of halogens is 1. The molecule has 1 amide bonds. The summed E-state index contributed by atoms with van der Waals surface area (Å²) >= 11 is 0. The summed E-state index contributed by atoms with van der Waals surface area (Å²) in [7, 11) is 0. The predicted octanol–water partition coefficient (Wildman–Crippen LogP) is 0.950. The molecule has 1 aliphatic rings. The summed E-state index contributed by atoms with van der Waals surface area (Å²) in [6.45, 7) is 1.14. The van der Waals surface area contributed by atoms with Gasteiger partial charge < -0.3 is 10.6 Å². The van der Waals surface area contributed by atoms with Crippen molar-refractivity contribution in [2.75, 3.05) is 18.0 Å². The van der Waals surface area contributed by atoms with E-state index in [0.717, 1.165) is 0 Å². The highest BCUT2D eigenvalue weighted by Gasteiger charge is 2.27. The zero-order valence-electron chi connectivity index (χ0n) is 9.23. The maximum Gasteiger partial charge on any atom is 0.222 e. The molecule has 1 heterocycles. The van der Waals surface area contributed by atoms with E-state index in [9.17, 15) is 14.0 Å². The minimum Gasteiger partial charge on any atom is -0.370 e. The van der Waals surface area contributed by atoms with Gasteiger partial charge in [-0.3, -0.25) is 9.59 Å². The molecule has 4 nitrogen and oxygen atoms in total. The molecule has 5 heteroatoms. The van der Waals surface area contributed by atoms with Crippen LogP contribution in [0.15, 0.2) is 18.2 Å². The van der Waals surface area contributed by atoms with Crippen LogP contribution < -0.4 is 10.6 Å². The van der Waals surface area contributed by atoms with E-state index in [1.807, 2.05) is 4.90 Å². The maximum atomic E-state index is 13.0. The van der Waals surface area contributed by atoms with Gasteiger partial charge in [-0.05, 0) is 24.6 Å². The lowest BCUT2D eigenvalue weighted by atomic mass is 10.1. The van der Waals surface area contributed by atoms with Gasteiger partial charge in [-0.1, -0.05) is 0 Å². The second-order valence-electron chi connectivity index (χ2n) is 4.15. The highest BCUT2D eigenvalue weighted by Crippen LogP contribution is 2.26. The first-order chi connectivity index (χ1) is 8.11. The molecule has 0 saturated carbocycles. The number of amides is 1. The predicted molar refractivity (Wildman–Crippen MR) is 61.3 cm³/mol. The summed E-state index contributed by atoms with van der Waals surface area (Å²) in [4.78, 5) is 23.8. The Hall–Kier alpha value is -1.91. The quantitative estimate of drug-likeness (QED) is 0.795. The second kappa shape index (κ2) is 4.53. The molecule has 1 unspecified atom stereocenters. The third-order valence-corrected chi connectivity index (χ3v) is 3.05. The lowest BCUT2D eigenvalue weighted by molar-refractivity contribution is -0.121. The van der Waals surface area contributed by atoms with Gasteiger partial charge in [0.05, 0.1) is 5.92 Å². The first kappa shape index (κ1) is 11.6. The first-order valence-electron chi connectivity index (χ1n) is 5.41. The van der Waals surface area contributed by atoms with Crippen LogP contribution in [-0.2, 0) is 4.79 Å². The van der Waals surface area contributed by atoms with Crippen LogP contribution in [0.4, 0.5) is 10.1 Å². The number of rotatable bonds is 3. The van der Waals surface area contributed by atoms with Gasteiger partial charge in [0.1, 0.15) is 5.82 Å². The van der Waals surface area contributed by atoms with Crippen LogP contribution in [0.3, 0.4) is 0 Å². The van der Waals surface area contributed by atoms with E-state index < -0.39 is 5.82 Å². The Bertz CT molecular complexity index is 462. The Morgan fingerprint density at radius 3 is 2.88 bits per heavy atom. The molecule has 1 aliphatic heterocycles. The van der Waals surface area contributed by atoms with Crippen molar-refractivity contribution >= 4 is 17.9 Å². The van der Waals surface area contributed by atoms with Gasteiger partial charge >= 0.3 is 0 Å². The summed E-state index contributed by atoms with van der Waals surface area (Å²) in [6, 6.07) is 4.06. The number of carbonyl (C=O) groups excluding carboxylic acids is 2. The lowest BCUT2D eigenvalue weighted by Gasteiger charge is -2.19. The number of primary amides is 1. The molecular weight excluding hydrogens is 223 g/mol. The molecule has 1 atom stereocenters. The smallest absolute Gasteiger partial charge is 0.222 e. The second-order valence-corrected chi connectivity index (χ2v) is 4.15. The molecule has 1 aromatic rings. The van der Waals surface area contributed by atoms with Crippen LogP contribution >= 0.6 is 0 Å². The summed E-state index contributed by atoms with van der Waals surface area (Å²) in [5.74, 6) is -0.969. The van der Waals surface area contributed by atoms with E-state index in [2.05, 4.69) is 0 Å². The maximum absolute atomic E-state index is 13.0. The number of carbonyl (C=O) groups is 2. The normalized spacial score (nSPS) is 19.4. The fourth-order valence-electron chi connectivity index (χ4n) is 2.12. The fraction of sp³-hybridized carbons (Fsp3) is 0.333. The molecule has 0 aromatic heterocycles. The zero-order valence-corrected chi connectivity index (χ0v) is 9.23. The van der Waals surface area contributed by atoms with Gasteiger partial charge in [0, 0.05) is 24.3 Å². The molecule has 1 saturated heterocycles. The molecule has 90 valence electrons. The highest BCUT2D eigenvalue weighted by atomic mass is 19.1. The lowest BCUT2D eigenvalue weighted by Crippen LogP contribution is -2.27. The Balaban J connectivity index is 2.24. The molecule has 0 aliphatic carbocycles. The third-order valence-electron chi connectivity index (χ3n) is 3.05. The number of hydrogen-bond donors (Lipinski definition) is 1. The van der Waals surface area contributed by atoms with E-state index in [0.29, 0.717) is 37.0 Å². The topological polar surface area (TPSA) is 63.4 Å². The molecule has 1 fully saturated rings. The average molecular weight is 236 g/mol. The van der Waals surface area contributed by atoms with E-state index in [4.69, 9.17) is 5.73 Å². The van der Waals surface area contributed by atoms with Crippen molar-refractivity contribution in [3.8, 4) is 0 Å². The summed E-state index contributed by atoms with van der Waals surface area (Å²) in [6.07, 6.45) is 1.29. The number of benzene rings is 1. The number of nitrogens with zero attached hydrogens (tertiary/aromatic N) is 1. The van der Waals surface area contributed by atoms with Gasteiger partial charge in [-0.15, -0.1) is 0 Å². The summed E-state index contributed by atoms with van der Waals surface area (Å²) < 4.78 is 13.0. The van der Waals surface area contributed by atoms with Crippen LogP contribution in [0.25, 0.3) is 0 Å². The van der Waals surface area contributed by atoms with Crippen LogP contribution in [0.2, 0.25) is 0 Å². The van der Waals surface area contributed by atoms with Crippen LogP contribution in [0.1, 0.15) is 16.8 Å². The highest BCUT2D eigenvalue weighted by molar-refractivity contribution is 5.85. The Labute approximate surface area is 98.2 Å². The monoisotopic (exact) mass is 236 g/mol. The number of hydrogen-bond acceptors (Lipinski definition) is 3. The minimum absolute atomic E-state index is 0.195. The first-order valence-corrected chi connectivity index (χ1v) is 5.41. The standard InChI is InChI=1S/C12H13FN2O2/c13-10-1-2-11(9(5-10)7-16)15-4-3-8(6-15)12(14)17/h1-2,5,7-8H,3-4,6H2,(H2,14,17). The number of anilines is 1. The van der Waals surface area contributed by atoms with Gasteiger partial charge in [0.25, 0.3) is 0 Å². The molecule has 17 heavy (non-hydrogen) atoms. The van der Waals surface area contributed by atoms with Crippen LogP contribution in [-0.4, -0.2) is 25.3 Å². The molecule has 2 rings (SSSR count). The van der Waals surface area contributed by atoms with E-state index in [1.165, 1.54) is 12.1 Å². The third kappa shape index (κ3) is 2.27. The summed E-state index contributed by atoms with van der Waals surface area (Å²) in [5.41, 5.74) is 6.20. The average Bonchev–Trinajstić information content (AvgIpc) is 2.78. The van der Waals surface area contributed by atoms with Crippen LogP contribution in [0.5, 0.6) is 0 Å². The SMILES string of the molecule is NC(=O)C1CCN(c2ccc(F)cc2C=O)C1. The van der Waals surface area contributed by atoms with Crippen molar-refractivity contribution in [3.05, 3.63) is 29.6 Å². The van der Waals surface area contributed by atoms with Crippen molar-refractivity contribution in [1.29, 1.82) is 0 Å². The largest absolute Gasteiger partial charge is 0.370 e. The molecule has 1 aromatic carbocycles. The van der Waals surface area contributed by atoms with Crippen molar-refractivity contribution in [3.63, 3.8) is 0 Å². The molecule has 0 radical (unpaired) electrons. The molecule has 2 N–H and O–H groups in total. The van der Waals surface area contributed by atoms with Gasteiger partial charge in [-0.25, -0.2) is 4.39 Å². The molecule has 0 bridgehead atoms. The van der Waals surface area contributed by atoms with Gasteiger partial charge in [-0.2, -0.15) is 0 Å². The van der Waals surface area contributed by atoms with Gasteiger partial charge in [0.2, 0.25) is 5.91 Å². The van der Waals surface area contributed by atoms with E-state index in [-0.39, 0.29) is 11.8 Å². The van der Waals surface area contributed by atoms with Crippen molar-refractivity contribution in [1.82, 2.24) is 0 Å². The summed E-state index contributed by atoms with van der Waals surface area (Å²) in [5, 5.41) is 0. The minimum atomic E-state index is -0.443. The van der Waals surface area contributed by atoms with Gasteiger partial charge in [0.15, 0.2) is 6.29 Å². The number of aldehydes is 1. The van der Waals surface area contributed by atoms with E-state index >= 15 is 0 Å². The Kier molecular flexibility index (Phi) is 3.08.